The molecule has 0 bridgehead atoms. The summed E-state index contributed by atoms with van der Waals surface area (Å²) in [6, 6.07) is 0.455. The van der Waals surface area contributed by atoms with E-state index in [0.717, 1.165) is 6.54 Å². The molecule has 0 fully saturated rings. The van der Waals surface area contributed by atoms with E-state index in [-0.39, 0.29) is 6.10 Å². The number of nitrogens with one attached hydrogen (secondary N) is 1. The minimum Gasteiger partial charge on any atom is -0.382 e. The Morgan fingerprint density at radius 1 is 0.941 bits per heavy atom. The number of hydrogen-bond acceptors (Lipinski definition) is 5. The van der Waals surface area contributed by atoms with Crippen molar-refractivity contribution in [3.63, 3.8) is 0 Å². The molecular weight excluding hydrogens is 222 g/mol. The van der Waals surface area contributed by atoms with Crippen molar-refractivity contribution in [1.82, 2.24) is 5.32 Å². The average Bonchev–Trinajstić information content (AvgIpc) is 2.30. The molecule has 0 aliphatic rings. The topological polar surface area (TPSA) is 49.0 Å². The van der Waals surface area contributed by atoms with Gasteiger partial charge in [-0.25, -0.2) is 0 Å². The van der Waals surface area contributed by atoms with Gasteiger partial charge in [-0.05, 0) is 0 Å². The van der Waals surface area contributed by atoms with Crippen LogP contribution in [0.1, 0.15) is 13.8 Å². The van der Waals surface area contributed by atoms with Crippen molar-refractivity contribution in [3.05, 3.63) is 0 Å². The van der Waals surface area contributed by atoms with Crippen LogP contribution < -0.4 is 5.32 Å². The highest BCUT2D eigenvalue weighted by Gasteiger charge is 2.08. The molecule has 0 saturated heterocycles. The predicted molar refractivity (Wildman–Crippen MR) is 67.4 cm³/mol. The highest BCUT2D eigenvalue weighted by atomic mass is 16.6. The van der Waals surface area contributed by atoms with E-state index in [1.807, 2.05) is 0 Å². The van der Waals surface area contributed by atoms with Crippen LogP contribution in [0.3, 0.4) is 0 Å². The summed E-state index contributed by atoms with van der Waals surface area (Å²) in [5, 5.41) is 3.33. The first kappa shape index (κ1) is 16.8. The van der Waals surface area contributed by atoms with Crippen molar-refractivity contribution < 1.29 is 18.9 Å². The molecule has 1 N–H and O–H groups in total. The van der Waals surface area contributed by atoms with Crippen LogP contribution in [0.25, 0.3) is 0 Å². The Morgan fingerprint density at radius 3 is 2.24 bits per heavy atom. The molecule has 0 amide bonds. The fourth-order valence-electron chi connectivity index (χ4n) is 1.24. The van der Waals surface area contributed by atoms with Crippen LogP contribution in [-0.2, 0) is 18.9 Å². The molecule has 0 aliphatic heterocycles. The Hall–Kier alpha value is -0.200. The molecule has 5 heteroatoms. The standard InChI is InChI=1S/C12H27NO4/c1-11(2)13-9-12(10-15-4)17-8-7-16-6-5-14-3/h11-13H,5-10H2,1-4H3. The predicted octanol–water partition coefficient (Wildman–Crippen LogP) is 0.679. The van der Waals surface area contributed by atoms with Gasteiger partial charge < -0.3 is 24.3 Å². The molecule has 0 aromatic carbocycles. The Bertz CT molecular complexity index is 155. The monoisotopic (exact) mass is 249 g/mol. The first-order chi connectivity index (χ1) is 8.20. The summed E-state index contributed by atoms with van der Waals surface area (Å²) in [5.41, 5.74) is 0. The lowest BCUT2D eigenvalue weighted by Crippen LogP contribution is -2.36. The second kappa shape index (κ2) is 12.3. The molecule has 5 nitrogen and oxygen atoms in total. The normalized spacial score (nSPS) is 13.2. The molecule has 0 aliphatic carbocycles. The molecular formula is C12H27NO4. The van der Waals surface area contributed by atoms with Gasteiger partial charge in [0.25, 0.3) is 0 Å². The zero-order valence-electron chi connectivity index (χ0n) is 11.5. The highest BCUT2D eigenvalue weighted by molar-refractivity contribution is 4.63. The maximum absolute atomic E-state index is 5.66. The van der Waals surface area contributed by atoms with Gasteiger partial charge >= 0.3 is 0 Å². The van der Waals surface area contributed by atoms with Gasteiger partial charge in [0.1, 0.15) is 0 Å². The minimum atomic E-state index is 0.0772. The zero-order chi connectivity index (χ0) is 12.9. The molecule has 0 aromatic heterocycles. The Morgan fingerprint density at radius 2 is 1.65 bits per heavy atom. The third-order valence-corrected chi connectivity index (χ3v) is 2.12. The van der Waals surface area contributed by atoms with Crippen LogP contribution >= 0.6 is 0 Å². The van der Waals surface area contributed by atoms with Gasteiger partial charge in [0.2, 0.25) is 0 Å². The van der Waals surface area contributed by atoms with Crippen LogP contribution in [0.2, 0.25) is 0 Å². The summed E-state index contributed by atoms with van der Waals surface area (Å²) in [6.45, 7) is 8.01. The molecule has 0 aromatic rings. The smallest absolute Gasteiger partial charge is 0.0933 e. The SMILES string of the molecule is COCCOCCOC(CNC(C)C)COC. The number of methoxy groups -OCH3 is 2. The van der Waals surface area contributed by atoms with Crippen molar-refractivity contribution in [2.45, 2.75) is 26.0 Å². The van der Waals surface area contributed by atoms with Crippen LogP contribution in [0, 0.1) is 0 Å². The van der Waals surface area contributed by atoms with Crippen molar-refractivity contribution in [2.75, 3.05) is 53.8 Å². The van der Waals surface area contributed by atoms with E-state index in [1.54, 1.807) is 14.2 Å². The minimum absolute atomic E-state index is 0.0772. The third kappa shape index (κ3) is 12.1. The van der Waals surface area contributed by atoms with Gasteiger partial charge in [-0.15, -0.1) is 0 Å². The molecule has 104 valence electrons. The van der Waals surface area contributed by atoms with Gasteiger partial charge in [-0.2, -0.15) is 0 Å². The largest absolute Gasteiger partial charge is 0.382 e. The van der Waals surface area contributed by atoms with Crippen LogP contribution in [0.5, 0.6) is 0 Å². The summed E-state index contributed by atoms with van der Waals surface area (Å²) in [4.78, 5) is 0. The van der Waals surface area contributed by atoms with Crippen LogP contribution in [0.15, 0.2) is 0 Å². The van der Waals surface area contributed by atoms with E-state index in [1.165, 1.54) is 0 Å². The van der Waals surface area contributed by atoms with Crippen molar-refractivity contribution in [3.8, 4) is 0 Å². The molecule has 0 radical (unpaired) electrons. The third-order valence-electron chi connectivity index (χ3n) is 2.12. The second-order valence-corrected chi connectivity index (χ2v) is 4.12. The Kier molecular flexibility index (Phi) is 12.1. The lowest BCUT2D eigenvalue weighted by molar-refractivity contribution is -0.0332. The lowest BCUT2D eigenvalue weighted by Gasteiger charge is -2.19. The second-order valence-electron chi connectivity index (χ2n) is 4.12. The first-order valence-corrected chi connectivity index (χ1v) is 6.11. The molecule has 17 heavy (non-hydrogen) atoms. The van der Waals surface area contributed by atoms with Crippen molar-refractivity contribution in [1.29, 1.82) is 0 Å². The van der Waals surface area contributed by atoms with Crippen LogP contribution in [0.4, 0.5) is 0 Å². The number of hydrogen-bond donors (Lipinski definition) is 1. The molecule has 0 saturated carbocycles. The molecule has 1 atom stereocenters. The molecule has 0 heterocycles. The lowest BCUT2D eigenvalue weighted by atomic mass is 10.3. The maximum atomic E-state index is 5.66. The van der Waals surface area contributed by atoms with Crippen molar-refractivity contribution in [2.24, 2.45) is 0 Å². The van der Waals surface area contributed by atoms with Crippen molar-refractivity contribution >= 4 is 0 Å². The summed E-state index contributed by atoms with van der Waals surface area (Å²) in [6.07, 6.45) is 0.0772. The van der Waals surface area contributed by atoms with E-state index < -0.39 is 0 Å². The number of rotatable bonds is 12. The van der Waals surface area contributed by atoms with Gasteiger partial charge in [-0.3, -0.25) is 0 Å². The zero-order valence-corrected chi connectivity index (χ0v) is 11.5. The van der Waals surface area contributed by atoms with Gasteiger partial charge in [0.05, 0.1) is 39.1 Å². The average molecular weight is 249 g/mol. The molecule has 0 spiro atoms. The van der Waals surface area contributed by atoms with E-state index in [9.17, 15) is 0 Å². The number of ether oxygens (including phenoxy) is 4. The van der Waals surface area contributed by atoms with Gasteiger partial charge in [0.15, 0.2) is 0 Å². The van der Waals surface area contributed by atoms with E-state index in [2.05, 4.69) is 19.2 Å². The van der Waals surface area contributed by atoms with E-state index >= 15 is 0 Å². The molecule has 1 unspecified atom stereocenters. The fourth-order valence-corrected chi connectivity index (χ4v) is 1.24. The summed E-state index contributed by atoms with van der Waals surface area (Å²) in [5.74, 6) is 0. The maximum Gasteiger partial charge on any atom is 0.0933 e. The van der Waals surface area contributed by atoms with Crippen LogP contribution in [-0.4, -0.2) is 65.9 Å². The summed E-state index contributed by atoms with van der Waals surface area (Å²) >= 11 is 0. The molecule has 0 rings (SSSR count). The summed E-state index contributed by atoms with van der Waals surface area (Å²) in [7, 11) is 3.34. The quantitative estimate of drug-likeness (QED) is 0.515. The highest BCUT2D eigenvalue weighted by Crippen LogP contribution is 1.93. The Labute approximate surface area is 105 Å². The van der Waals surface area contributed by atoms with Gasteiger partial charge in [-0.1, -0.05) is 13.8 Å². The van der Waals surface area contributed by atoms with E-state index in [4.69, 9.17) is 18.9 Å². The Balaban J connectivity index is 3.48. The van der Waals surface area contributed by atoms with Gasteiger partial charge in [0, 0.05) is 26.8 Å². The summed E-state index contributed by atoms with van der Waals surface area (Å²) < 4.78 is 21.0. The fraction of sp³-hybridized carbons (Fsp3) is 1.00. The van der Waals surface area contributed by atoms with E-state index in [0.29, 0.717) is 39.1 Å². The first-order valence-electron chi connectivity index (χ1n) is 6.11.